The number of morpholine rings is 1. The average Bonchev–Trinajstić information content (AvgIpc) is 2.46. The molecule has 1 unspecified atom stereocenters. The van der Waals surface area contributed by atoms with Gasteiger partial charge in [0.1, 0.15) is 11.6 Å². The number of methoxy groups -OCH3 is 1. The van der Waals surface area contributed by atoms with Gasteiger partial charge >= 0.3 is 0 Å². The van der Waals surface area contributed by atoms with Gasteiger partial charge in [-0.3, -0.25) is 4.79 Å². The Morgan fingerprint density at radius 2 is 2.42 bits per heavy atom. The molecule has 0 spiro atoms. The van der Waals surface area contributed by atoms with Gasteiger partial charge in [0.25, 0.3) is 5.91 Å². The summed E-state index contributed by atoms with van der Waals surface area (Å²) in [6.07, 6.45) is -0.169. The van der Waals surface area contributed by atoms with E-state index in [1.807, 2.05) is 0 Å². The number of halogens is 1. The molecule has 19 heavy (non-hydrogen) atoms. The number of carbonyl (C=O) groups is 1. The van der Waals surface area contributed by atoms with E-state index < -0.39 is 5.82 Å². The van der Waals surface area contributed by atoms with Crippen LogP contribution in [0, 0.1) is 5.82 Å². The van der Waals surface area contributed by atoms with Crippen molar-refractivity contribution in [2.45, 2.75) is 6.10 Å². The molecule has 1 aliphatic rings. The molecule has 2 N–H and O–H groups in total. The zero-order valence-electron chi connectivity index (χ0n) is 10.8. The Labute approximate surface area is 111 Å². The SMILES string of the molecule is COc1ccc(F)cc1C(=O)N1CCOC(CN)C1. The summed E-state index contributed by atoms with van der Waals surface area (Å²) in [5.74, 6) is -0.368. The molecule has 1 atom stereocenters. The minimum atomic E-state index is -0.465. The molecular formula is C13H17FN2O3. The van der Waals surface area contributed by atoms with Gasteiger partial charge in [-0.25, -0.2) is 4.39 Å². The number of hydrogen-bond donors (Lipinski definition) is 1. The monoisotopic (exact) mass is 268 g/mol. The number of amides is 1. The minimum Gasteiger partial charge on any atom is -0.496 e. The van der Waals surface area contributed by atoms with E-state index in [1.54, 1.807) is 4.90 Å². The lowest BCUT2D eigenvalue weighted by Gasteiger charge is -2.32. The third kappa shape index (κ3) is 3.02. The highest BCUT2D eigenvalue weighted by Crippen LogP contribution is 2.22. The Kier molecular flexibility index (Phi) is 4.34. The molecule has 1 fully saturated rings. The third-order valence-corrected chi connectivity index (χ3v) is 3.08. The second kappa shape index (κ2) is 5.99. The van der Waals surface area contributed by atoms with Crippen molar-refractivity contribution in [1.82, 2.24) is 4.90 Å². The maximum atomic E-state index is 13.3. The van der Waals surface area contributed by atoms with Crippen LogP contribution in [-0.4, -0.2) is 50.3 Å². The molecule has 6 heteroatoms. The van der Waals surface area contributed by atoms with Gasteiger partial charge in [-0.15, -0.1) is 0 Å². The largest absolute Gasteiger partial charge is 0.496 e. The van der Waals surface area contributed by atoms with E-state index in [0.29, 0.717) is 32.0 Å². The molecule has 2 rings (SSSR count). The summed E-state index contributed by atoms with van der Waals surface area (Å²) in [7, 11) is 1.45. The Bertz CT molecular complexity index is 467. The smallest absolute Gasteiger partial charge is 0.257 e. The molecule has 1 aromatic carbocycles. The van der Waals surface area contributed by atoms with E-state index in [1.165, 1.54) is 25.3 Å². The molecule has 0 radical (unpaired) electrons. The van der Waals surface area contributed by atoms with Crippen molar-refractivity contribution in [3.05, 3.63) is 29.6 Å². The average molecular weight is 268 g/mol. The van der Waals surface area contributed by atoms with Gasteiger partial charge in [0.05, 0.1) is 25.4 Å². The number of carbonyl (C=O) groups excluding carboxylic acids is 1. The molecule has 1 aromatic rings. The Hall–Kier alpha value is -1.66. The standard InChI is InChI=1S/C13H17FN2O3/c1-18-12-3-2-9(14)6-11(12)13(17)16-4-5-19-10(7-15)8-16/h2-3,6,10H,4-5,7-8,15H2,1H3. The maximum absolute atomic E-state index is 13.3. The van der Waals surface area contributed by atoms with Crippen molar-refractivity contribution in [3.63, 3.8) is 0 Å². The number of rotatable bonds is 3. The highest BCUT2D eigenvalue weighted by molar-refractivity contribution is 5.97. The Morgan fingerprint density at radius 3 is 3.11 bits per heavy atom. The first-order chi connectivity index (χ1) is 9.15. The number of benzene rings is 1. The Morgan fingerprint density at radius 1 is 1.63 bits per heavy atom. The number of nitrogens with zero attached hydrogens (tertiary/aromatic N) is 1. The molecule has 0 aliphatic carbocycles. The van der Waals surface area contributed by atoms with Crippen molar-refractivity contribution in [1.29, 1.82) is 0 Å². The van der Waals surface area contributed by atoms with E-state index in [2.05, 4.69) is 0 Å². The second-order valence-corrected chi connectivity index (χ2v) is 4.32. The first kappa shape index (κ1) is 13.8. The van der Waals surface area contributed by atoms with Crippen LogP contribution in [0.3, 0.4) is 0 Å². The normalized spacial score (nSPS) is 19.3. The highest BCUT2D eigenvalue weighted by Gasteiger charge is 2.26. The predicted octanol–water partition coefficient (Wildman–Crippen LogP) is 0.634. The zero-order valence-corrected chi connectivity index (χ0v) is 10.8. The summed E-state index contributed by atoms with van der Waals surface area (Å²) >= 11 is 0. The van der Waals surface area contributed by atoms with Crippen molar-refractivity contribution >= 4 is 5.91 Å². The molecule has 1 aliphatic heterocycles. The topological polar surface area (TPSA) is 64.8 Å². The fraction of sp³-hybridized carbons (Fsp3) is 0.462. The van der Waals surface area contributed by atoms with Gasteiger partial charge < -0.3 is 20.1 Å². The zero-order chi connectivity index (χ0) is 13.8. The lowest BCUT2D eigenvalue weighted by molar-refractivity contribution is -0.0168. The van der Waals surface area contributed by atoms with E-state index in [0.717, 1.165) is 0 Å². The maximum Gasteiger partial charge on any atom is 0.257 e. The van der Waals surface area contributed by atoms with Gasteiger partial charge in [-0.1, -0.05) is 0 Å². The second-order valence-electron chi connectivity index (χ2n) is 4.32. The van der Waals surface area contributed by atoms with Crippen LogP contribution in [0.2, 0.25) is 0 Å². The van der Waals surface area contributed by atoms with Crippen LogP contribution in [0.15, 0.2) is 18.2 Å². The molecule has 1 saturated heterocycles. The fourth-order valence-corrected chi connectivity index (χ4v) is 2.06. The lowest BCUT2D eigenvalue weighted by atomic mass is 10.1. The first-order valence-electron chi connectivity index (χ1n) is 6.10. The van der Waals surface area contributed by atoms with Gasteiger partial charge in [0.2, 0.25) is 0 Å². The van der Waals surface area contributed by atoms with Crippen molar-refractivity contribution in [2.75, 3.05) is 33.4 Å². The van der Waals surface area contributed by atoms with Gasteiger partial charge in [-0.05, 0) is 18.2 Å². The van der Waals surface area contributed by atoms with Crippen LogP contribution in [0.25, 0.3) is 0 Å². The van der Waals surface area contributed by atoms with E-state index in [9.17, 15) is 9.18 Å². The third-order valence-electron chi connectivity index (χ3n) is 3.08. The summed E-state index contributed by atoms with van der Waals surface area (Å²) < 4.78 is 23.8. The molecular weight excluding hydrogens is 251 g/mol. The predicted molar refractivity (Wildman–Crippen MR) is 67.6 cm³/mol. The lowest BCUT2D eigenvalue weighted by Crippen LogP contribution is -2.48. The number of hydrogen-bond acceptors (Lipinski definition) is 4. The van der Waals surface area contributed by atoms with E-state index in [4.69, 9.17) is 15.2 Å². The fourth-order valence-electron chi connectivity index (χ4n) is 2.06. The van der Waals surface area contributed by atoms with Crippen LogP contribution in [0.4, 0.5) is 4.39 Å². The van der Waals surface area contributed by atoms with Crippen LogP contribution in [0.5, 0.6) is 5.75 Å². The van der Waals surface area contributed by atoms with Crippen molar-refractivity contribution in [2.24, 2.45) is 5.73 Å². The van der Waals surface area contributed by atoms with Crippen LogP contribution in [-0.2, 0) is 4.74 Å². The van der Waals surface area contributed by atoms with Crippen LogP contribution < -0.4 is 10.5 Å². The number of ether oxygens (including phenoxy) is 2. The molecule has 5 nitrogen and oxygen atoms in total. The molecule has 1 heterocycles. The van der Waals surface area contributed by atoms with Crippen molar-refractivity contribution in [3.8, 4) is 5.75 Å². The van der Waals surface area contributed by atoms with Gasteiger partial charge in [0, 0.05) is 19.6 Å². The van der Waals surface area contributed by atoms with Gasteiger partial charge in [0.15, 0.2) is 0 Å². The minimum absolute atomic E-state index is 0.169. The molecule has 1 amide bonds. The summed E-state index contributed by atoms with van der Waals surface area (Å²) in [5, 5.41) is 0. The quantitative estimate of drug-likeness (QED) is 0.873. The molecule has 0 aromatic heterocycles. The van der Waals surface area contributed by atoms with Crippen LogP contribution >= 0.6 is 0 Å². The van der Waals surface area contributed by atoms with E-state index >= 15 is 0 Å². The summed E-state index contributed by atoms with van der Waals surface area (Å²) in [4.78, 5) is 14.0. The summed E-state index contributed by atoms with van der Waals surface area (Å²) in [6, 6.07) is 3.90. The Balaban J connectivity index is 2.21. The molecule has 104 valence electrons. The van der Waals surface area contributed by atoms with E-state index in [-0.39, 0.29) is 17.6 Å². The summed E-state index contributed by atoms with van der Waals surface area (Å²) in [6.45, 7) is 1.67. The summed E-state index contributed by atoms with van der Waals surface area (Å²) in [5.41, 5.74) is 5.76. The van der Waals surface area contributed by atoms with Gasteiger partial charge in [-0.2, -0.15) is 0 Å². The van der Waals surface area contributed by atoms with Crippen molar-refractivity contribution < 1.29 is 18.7 Å². The van der Waals surface area contributed by atoms with Crippen LogP contribution in [0.1, 0.15) is 10.4 Å². The number of nitrogens with two attached hydrogens (primary N) is 1. The molecule has 0 bridgehead atoms. The first-order valence-corrected chi connectivity index (χ1v) is 6.10. The highest BCUT2D eigenvalue weighted by atomic mass is 19.1. The molecule has 0 saturated carbocycles.